The minimum Gasteiger partial charge on any atom is -0.503 e. The lowest BCUT2D eigenvalue weighted by molar-refractivity contribution is -0.0176. The number of aromatic hydroxyl groups is 1. The van der Waals surface area contributed by atoms with Gasteiger partial charge < -0.3 is 24.6 Å². The van der Waals surface area contributed by atoms with Gasteiger partial charge in [-0.25, -0.2) is 8.78 Å². The number of halogens is 2. The van der Waals surface area contributed by atoms with Crippen LogP contribution < -0.4 is 10.7 Å². The van der Waals surface area contributed by atoms with E-state index in [4.69, 9.17) is 4.74 Å². The van der Waals surface area contributed by atoms with Crippen molar-refractivity contribution in [1.29, 1.82) is 0 Å². The molecule has 8 nitrogen and oxygen atoms in total. The molecule has 4 rings (SSSR count). The second kappa shape index (κ2) is 8.10. The van der Waals surface area contributed by atoms with Crippen molar-refractivity contribution in [3.63, 3.8) is 0 Å². The van der Waals surface area contributed by atoms with E-state index >= 15 is 0 Å². The summed E-state index contributed by atoms with van der Waals surface area (Å²) in [5.74, 6) is -4.15. The van der Waals surface area contributed by atoms with Gasteiger partial charge in [0, 0.05) is 25.9 Å². The first-order chi connectivity index (χ1) is 14.8. The number of ether oxygens (including phenoxy) is 1. The van der Waals surface area contributed by atoms with E-state index in [2.05, 4.69) is 5.32 Å². The summed E-state index contributed by atoms with van der Waals surface area (Å²) < 4.78 is 33.4. The zero-order valence-corrected chi connectivity index (χ0v) is 16.7. The number of carbonyl (C=O) groups is 2. The van der Waals surface area contributed by atoms with Crippen molar-refractivity contribution < 1.29 is 28.2 Å². The average Bonchev–Trinajstić information content (AvgIpc) is 2.76. The molecule has 2 amide bonds. The molecule has 2 atom stereocenters. The Bertz CT molecular complexity index is 1120. The molecule has 0 saturated carbocycles. The lowest BCUT2D eigenvalue weighted by atomic mass is 9.96. The van der Waals surface area contributed by atoms with Gasteiger partial charge in [0.2, 0.25) is 5.43 Å². The van der Waals surface area contributed by atoms with Crippen LogP contribution in [0.5, 0.6) is 5.75 Å². The molecule has 1 saturated heterocycles. The summed E-state index contributed by atoms with van der Waals surface area (Å²) in [5.41, 5.74) is -1.16. The number of hydrogen-bond acceptors (Lipinski definition) is 5. The third kappa shape index (κ3) is 3.56. The van der Waals surface area contributed by atoms with Crippen LogP contribution in [0.15, 0.2) is 29.2 Å². The highest BCUT2D eigenvalue weighted by atomic mass is 19.2. The summed E-state index contributed by atoms with van der Waals surface area (Å²) in [6, 6.07) is 2.65. The number of likely N-dealkylation sites (N-methyl/N-ethyl adjacent to an activating group) is 1. The smallest absolute Gasteiger partial charge is 0.274 e. The quantitative estimate of drug-likeness (QED) is 0.763. The summed E-state index contributed by atoms with van der Waals surface area (Å²) in [6.45, 7) is 2.79. The van der Waals surface area contributed by atoms with Gasteiger partial charge in [0.05, 0.1) is 18.7 Å². The van der Waals surface area contributed by atoms with Crippen LogP contribution >= 0.6 is 0 Å². The second-order valence-electron chi connectivity index (χ2n) is 7.50. The van der Waals surface area contributed by atoms with Crippen molar-refractivity contribution in [3.8, 4) is 5.75 Å². The molecule has 2 aromatic rings. The summed E-state index contributed by atoms with van der Waals surface area (Å²) in [4.78, 5) is 39.8. The van der Waals surface area contributed by atoms with Gasteiger partial charge in [-0.05, 0) is 31.0 Å². The molecule has 0 radical (unpaired) electrons. The van der Waals surface area contributed by atoms with E-state index in [1.807, 2.05) is 0 Å². The number of nitrogens with zero attached hydrogens (tertiary/aromatic N) is 2. The largest absolute Gasteiger partial charge is 0.503 e. The van der Waals surface area contributed by atoms with Crippen LogP contribution in [0.3, 0.4) is 0 Å². The van der Waals surface area contributed by atoms with Crippen LogP contribution in [0.25, 0.3) is 0 Å². The number of hydrogen-bond donors (Lipinski definition) is 2. The molecule has 0 unspecified atom stereocenters. The number of amides is 2. The van der Waals surface area contributed by atoms with Crippen molar-refractivity contribution in [3.05, 3.63) is 63.1 Å². The minimum absolute atomic E-state index is 0.146. The molecule has 3 heterocycles. The maximum absolute atomic E-state index is 13.4. The summed E-state index contributed by atoms with van der Waals surface area (Å²) in [7, 11) is 0. The van der Waals surface area contributed by atoms with E-state index in [1.54, 1.807) is 11.8 Å². The maximum Gasteiger partial charge on any atom is 0.274 e. The average molecular weight is 433 g/mol. The fourth-order valence-corrected chi connectivity index (χ4v) is 4.18. The molecule has 2 aliphatic rings. The number of nitrogens with one attached hydrogen (secondary N) is 1. The maximum atomic E-state index is 13.4. The normalized spacial score (nSPS) is 20.2. The number of carbonyl (C=O) groups excluding carboxylic acids is 2. The molecule has 0 spiro atoms. The molecule has 31 heavy (non-hydrogen) atoms. The van der Waals surface area contributed by atoms with Gasteiger partial charge in [-0.3, -0.25) is 14.4 Å². The number of rotatable bonds is 4. The van der Waals surface area contributed by atoms with Gasteiger partial charge >= 0.3 is 0 Å². The van der Waals surface area contributed by atoms with Crippen LogP contribution in [0, 0.1) is 11.6 Å². The molecule has 164 valence electrons. The molecule has 1 aromatic heterocycles. The van der Waals surface area contributed by atoms with E-state index in [0.29, 0.717) is 31.7 Å². The lowest BCUT2D eigenvalue weighted by Crippen LogP contribution is -2.55. The molecular formula is C21H21F2N3O5. The number of benzene rings is 1. The Morgan fingerprint density at radius 1 is 1.26 bits per heavy atom. The number of aromatic nitrogens is 1. The minimum atomic E-state index is -1.05. The van der Waals surface area contributed by atoms with Crippen molar-refractivity contribution >= 4 is 11.8 Å². The van der Waals surface area contributed by atoms with Gasteiger partial charge in [-0.15, -0.1) is 0 Å². The number of pyridine rings is 1. The van der Waals surface area contributed by atoms with E-state index < -0.39 is 34.6 Å². The van der Waals surface area contributed by atoms with E-state index in [0.717, 1.165) is 12.1 Å². The zero-order chi connectivity index (χ0) is 22.3. The molecule has 1 aromatic carbocycles. The van der Waals surface area contributed by atoms with Crippen LogP contribution in [-0.2, 0) is 11.3 Å². The number of fused-ring (bicyclic) bond motifs is 3. The van der Waals surface area contributed by atoms with E-state index in [9.17, 15) is 28.3 Å². The topological polar surface area (TPSA) is 101 Å². The molecule has 10 heteroatoms. The molecule has 1 fully saturated rings. The molecule has 2 aliphatic heterocycles. The predicted octanol–water partition coefficient (Wildman–Crippen LogP) is 1.57. The lowest BCUT2D eigenvalue weighted by Gasteiger charge is -2.45. The molecular weight excluding hydrogens is 412 g/mol. The van der Waals surface area contributed by atoms with Crippen molar-refractivity contribution in [1.82, 2.24) is 14.8 Å². The summed E-state index contributed by atoms with van der Waals surface area (Å²) in [5, 5.41) is 13.0. The van der Waals surface area contributed by atoms with Gasteiger partial charge in [0.1, 0.15) is 5.56 Å². The molecule has 0 aliphatic carbocycles. The monoisotopic (exact) mass is 433 g/mol. The highest BCUT2D eigenvalue weighted by molar-refractivity contribution is 5.99. The van der Waals surface area contributed by atoms with E-state index in [1.165, 1.54) is 16.8 Å². The Kier molecular flexibility index (Phi) is 5.48. The first kappa shape index (κ1) is 21.0. The predicted molar refractivity (Wildman–Crippen MR) is 105 cm³/mol. The van der Waals surface area contributed by atoms with Crippen molar-refractivity contribution in [2.24, 2.45) is 0 Å². The van der Waals surface area contributed by atoms with Gasteiger partial charge in [-0.1, -0.05) is 6.07 Å². The molecule has 0 bridgehead atoms. The summed E-state index contributed by atoms with van der Waals surface area (Å²) >= 11 is 0. The standard InChI is InChI=1S/C21H21F2N3O5/c1-2-25-16-10-31-6-5-15(16)26-9-12(18(27)19(28)17(26)21(25)30)20(29)24-8-11-3-4-13(22)14(23)7-11/h3-4,7,9,15-16,28H,2,5-6,8,10H2,1H3,(H,24,29)/t15-,16+/m0/s1. The Labute approximate surface area is 176 Å². The highest BCUT2D eigenvalue weighted by Crippen LogP contribution is 2.35. The SMILES string of the molecule is CCN1C(=O)c2c(O)c(=O)c(C(=O)NCc3ccc(F)c(F)c3)cn2[C@H]2CCOC[C@H]21. The fraction of sp³-hybridized carbons (Fsp3) is 0.381. The van der Waals surface area contributed by atoms with Crippen LogP contribution in [0.2, 0.25) is 0 Å². The first-order valence-electron chi connectivity index (χ1n) is 9.92. The second-order valence-corrected chi connectivity index (χ2v) is 7.50. The highest BCUT2D eigenvalue weighted by Gasteiger charge is 2.43. The first-order valence-corrected chi connectivity index (χ1v) is 9.92. The molecule has 2 N–H and O–H groups in total. The van der Waals surface area contributed by atoms with Crippen LogP contribution in [0.4, 0.5) is 8.78 Å². The van der Waals surface area contributed by atoms with Crippen molar-refractivity contribution in [2.75, 3.05) is 19.8 Å². The van der Waals surface area contributed by atoms with Crippen LogP contribution in [-0.4, -0.2) is 52.2 Å². The van der Waals surface area contributed by atoms with Gasteiger partial charge in [-0.2, -0.15) is 0 Å². The van der Waals surface area contributed by atoms with Crippen molar-refractivity contribution in [2.45, 2.75) is 32.0 Å². The van der Waals surface area contributed by atoms with Crippen LogP contribution in [0.1, 0.15) is 45.8 Å². The fourth-order valence-electron chi connectivity index (χ4n) is 4.18. The Hall–Kier alpha value is -3.27. The Morgan fingerprint density at radius 2 is 2.03 bits per heavy atom. The van der Waals surface area contributed by atoms with E-state index in [-0.39, 0.29) is 29.9 Å². The zero-order valence-electron chi connectivity index (χ0n) is 16.7. The Balaban J connectivity index is 1.68. The Morgan fingerprint density at radius 3 is 2.74 bits per heavy atom. The van der Waals surface area contributed by atoms with Gasteiger partial charge in [0.25, 0.3) is 11.8 Å². The third-order valence-electron chi connectivity index (χ3n) is 5.74. The van der Waals surface area contributed by atoms with Gasteiger partial charge in [0.15, 0.2) is 23.1 Å². The summed E-state index contributed by atoms with van der Waals surface area (Å²) in [6.07, 6.45) is 1.82. The third-order valence-corrected chi connectivity index (χ3v) is 5.74.